The van der Waals surface area contributed by atoms with Gasteiger partial charge in [-0.2, -0.15) is 0 Å². The first kappa shape index (κ1) is 19.9. The SMILES string of the molecule is C1CO1.CCCCCCCCCCCCc1ccccc1C=O. The Morgan fingerprint density at radius 1 is 0.870 bits per heavy atom. The highest BCUT2D eigenvalue weighted by atomic mass is 16.6. The molecule has 2 heteroatoms. The standard InChI is InChI=1S/C19H30O.C2H4O/c1-2-3-4-5-6-7-8-9-10-11-14-18-15-12-13-16-19(18)17-20;1-2-3-1/h12-13,15-17H,2-11,14H2,1H3;1-2H2. The van der Waals surface area contributed by atoms with Crippen LogP contribution in [0.5, 0.6) is 0 Å². The lowest BCUT2D eigenvalue weighted by atomic mass is 10.0. The van der Waals surface area contributed by atoms with Crippen LogP contribution >= 0.6 is 0 Å². The van der Waals surface area contributed by atoms with Crippen LogP contribution in [-0.2, 0) is 11.2 Å². The lowest BCUT2D eigenvalue weighted by molar-refractivity contribution is 0.112. The highest BCUT2D eigenvalue weighted by molar-refractivity contribution is 5.77. The minimum atomic E-state index is 0.864. The van der Waals surface area contributed by atoms with Crippen molar-refractivity contribution in [3.63, 3.8) is 0 Å². The van der Waals surface area contributed by atoms with Gasteiger partial charge in [0.2, 0.25) is 0 Å². The quantitative estimate of drug-likeness (QED) is 0.269. The molecule has 1 aromatic rings. The number of ether oxygens (including phenoxy) is 1. The smallest absolute Gasteiger partial charge is 0.150 e. The summed E-state index contributed by atoms with van der Waals surface area (Å²) in [7, 11) is 0. The Labute approximate surface area is 142 Å². The Hall–Kier alpha value is -1.15. The van der Waals surface area contributed by atoms with Crippen molar-refractivity contribution in [1.29, 1.82) is 0 Å². The topological polar surface area (TPSA) is 29.6 Å². The third kappa shape index (κ3) is 12.0. The van der Waals surface area contributed by atoms with E-state index in [2.05, 4.69) is 17.7 Å². The van der Waals surface area contributed by atoms with Crippen LogP contribution < -0.4 is 0 Å². The molecule has 1 heterocycles. The summed E-state index contributed by atoms with van der Waals surface area (Å²) >= 11 is 0. The van der Waals surface area contributed by atoms with Gasteiger partial charge < -0.3 is 4.74 Å². The molecule has 1 fully saturated rings. The zero-order chi connectivity index (χ0) is 16.6. The lowest BCUT2D eigenvalue weighted by Crippen LogP contribution is -1.92. The maximum absolute atomic E-state index is 10.9. The van der Waals surface area contributed by atoms with E-state index in [1.54, 1.807) is 0 Å². The van der Waals surface area contributed by atoms with Gasteiger partial charge in [-0.1, -0.05) is 89.0 Å². The van der Waals surface area contributed by atoms with Gasteiger partial charge in [0, 0.05) is 5.56 Å². The molecule has 1 aromatic carbocycles. The fourth-order valence-corrected chi connectivity index (χ4v) is 2.68. The number of unbranched alkanes of at least 4 members (excludes halogenated alkanes) is 9. The molecule has 0 bridgehead atoms. The number of rotatable bonds is 12. The van der Waals surface area contributed by atoms with Gasteiger partial charge >= 0.3 is 0 Å². The zero-order valence-corrected chi connectivity index (χ0v) is 14.9. The summed E-state index contributed by atoms with van der Waals surface area (Å²) in [5, 5.41) is 0. The van der Waals surface area contributed by atoms with Crippen LogP contribution in [0.1, 0.15) is 87.1 Å². The second-order valence-corrected chi connectivity index (χ2v) is 6.36. The molecular formula is C21H34O2. The number of aryl methyl sites for hydroxylation is 1. The molecule has 0 unspecified atom stereocenters. The second kappa shape index (κ2) is 14.4. The first-order valence-corrected chi connectivity index (χ1v) is 9.49. The molecule has 1 saturated heterocycles. The number of hydrogen-bond donors (Lipinski definition) is 0. The minimum absolute atomic E-state index is 0.864. The number of carbonyl (C=O) groups excluding carboxylic acids is 1. The van der Waals surface area contributed by atoms with Gasteiger partial charge in [0.1, 0.15) is 6.29 Å². The molecule has 2 nitrogen and oxygen atoms in total. The Morgan fingerprint density at radius 3 is 1.91 bits per heavy atom. The largest absolute Gasteiger partial charge is 0.377 e. The molecular weight excluding hydrogens is 284 g/mol. The van der Waals surface area contributed by atoms with Gasteiger partial charge in [-0.05, 0) is 18.4 Å². The normalized spacial score (nSPS) is 12.4. The monoisotopic (exact) mass is 318 g/mol. The van der Waals surface area contributed by atoms with E-state index in [9.17, 15) is 4.79 Å². The molecule has 0 aromatic heterocycles. The van der Waals surface area contributed by atoms with Gasteiger partial charge in [-0.25, -0.2) is 0 Å². The Kier molecular flexibility index (Phi) is 12.5. The first-order valence-electron chi connectivity index (χ1n) is 9.49. The fourth-order valence-electron chi connectivity index (χ4n) is 2.68. The van der Waals surface area contributed by atoms with Crippen molar-refractivity contribution in [2.45, 2.75) is 77.6 Å². The number of hydrogen-bond acceptors (Lipinski definition) is 2. The predicted molar refractivity (Wildman–Crippen MR) is 98.2 cm³/mol. The Balaban J connectivity index is 0.000000784. The molecule has 0 radical (unpaired) electrons. The average Bonchev–Trinajstić information content (AvgIpc) is 3.46. The highest BCUT2D eigenvalue weighted by Gasteiger charge is 2.00. The van der Waals surface area contributed by atoms with E-state index in [4.69, 9.17) is 0 Å². The molecule has 0 amide bonds. The van der Waals surface area contributed by atoms with Crippen LogP contribution in [0.15, 0.2) is 24.3 Å². The van der Waals surface area contributed by atoms with Crippen molar-refractivity contribution in [3.05, 3.63) is 35.4 Å². The van der Waals surface area contributed by atoms with Crippen molar-refractivity contribution in [1.82, 2.24) is 0 Å². The third-order valence-corrected chi connectivity index (χ3v) is 4.19. The molecule has 0 spiro atoms. The minimum Gasteiger partial charge on any atom is -0.377 e. The van der Waals surface area contributed by atoms with Crippen molar-refractivity contribution in [2.24, 2.45) is 0 Å². The molecule has 1 aliphatic rings. The maximum atomic E-state index is 10.9. The molecule has 0 N–H and O–H groups in total. The molecule has 0 saturated carbocycles. The maximum Gasteiger partial charge on any atom is 0.150 e. The van der Waals surface area contributed by atoms with Gasteiger partial charge in [0.15, 0.2) is 0 Å². The van der Waals surface area contributed by atoms with Crippen LogP contribution in [0.2, 0.25) is 0 Å². The summed E-state index contributed by atoms with van der Waals surface area (Å²) in [4.78, 5) is 10.9. The van der Waals surface area contributed by atoms with E-state index in [0.717, 1.165) is 31.5 Å². The molecule has 130 valence electrons. The summed E-state index contributed by atoms with van der Waals surface area (Å²) in [6, 6.07) is 7.96. The van der Waals surface area contributed by atoms with Crippen molar-refractivity contribution < 1.29 is 9.53 Å². The van der Waals surface area contributed by atoms with Gasteiger partial charge in [-0.15, -0.1) is 0 Å². The van der Waals surface area contributed by atoms with Gasteiger partial charge in [0.05, 0.1) is 13.2 Å². The van der Waals surface area contributed by atoms with Crippen molar-refractivity contribution in [2.75, 3.05) is 13.2 Å². The fraction of sp³-hybridized carbons (Fsp3) is 0.667. The number of benzene rings is 1. The van der Waals surface area contributed by atoms with E-state index in [1.807, 2.05) is 18.2 Å². The second-order valence-electron chi connectivity index (χ2n) is 6.36. The number of epoxide rings is 1. The molecule has 0 atom stereocenters. The Bertz CT molecular complexity index is 396. The van der Waals surface area contributed by atoms with Crippen LogP contribution in [0.4, 0.5) is 0 Å². The molecule has 23 heavy (non-hydrogen) atoms. The predicted octanol–water partition coefficient (Wildman–Crippen LogP) is 5.98. The van der Waals surface area contributed by atoms with Crippen LogP contribution in [0.25, 0.3) is 0 Å². The summed E-state index contributed by atoms with van der Waals surface area (Å²) in [6.07, 6.45) is 15.6. The van der Waals surface area contributed by atoms with Crippen molar-refractivity contribution >= 4 is 6.29 Å². The van der Waals surface area contributed by atoms with E-state index in [-0.39, 0.29) is 0 Å². The zero-order valence-electron chi connectivity index (χ0n) is 14.9. The number of aldehydes is 1. The van der Waals surface area contributed by atoms with Crippen molar-refractivity contribution in [3.8, 4) is 0 Å². The first-order chi connectivity index (χ1) is 11.4. The Morgan fingerprint density at radius 2 is 1.39 bits per heavy atom. The van der Waals surface area contributed by atoms with Crippen LogP contribution in [0, 0.1) is 0 Å². The van der Waals surface area contributed by atoms with Gasteiger partial charge in [-0.3, -0.25) is 4.79 Å². The average molecular weight is 319 g/mol. The molecule has 0 aliphatic carbocycles. The summed E-state index contributed by atoms with van der Waals surface area (Å²) in [5.74, 6) is 0. The summed E-state index contributed by atoms with van der Waals surface area (Å²) in [6.45, 7) is 4.27. The van der Waals surface area contributed by atoms with E-state index < -0.39 is 0 Å². The van der Waals surface area contributed by atoms with Gasteiger partial charge in [0.25, 0.3) is 0 Å². The van der Waals surface area contributed by atoms with Crippen LogP contribution in [-0.4, -0.2) is 19.5 Å². The lowest BCUT2D eigenvalue weighted by Gasteiger charge is -2.05. The number of carbonyl (C=O) groups is 1. The summed E-state index contributed by atoms with van der Waals surface area (Å²) < 4.78 is 4.50. The highest BCUT2D eigenvalue weighted by Crippen LogP contribution is 2.14. The van der Waals surface area contributed by atoms with Crippen LogP contribution in [0.3, 0.4) is 0 Å². The molecule has 2 rings (SSSR count). The molecule has 1 aliphatic heterocycles. The van der Waals surface area contributed by atoms with E-state index in [0.29, 0.717) is 0 Å². The van der Waals surface area contributed by atoms with E-state index in [1.165, 1.54) is 69.8 Å². The summed E-state index contributed by atoms with van der Waals surface area (Å²) in [5.41, 5.74) is 2.07. The van der Waals surface area contributed by atoms with E-state index >= 15 is 0 Å². The third-order valence-electron chi connectivity index (χ3n) is 4.19.